The van der Waals surface area contributed by atoms with Crippen molar-refractivity contribution >= 4 is 34.0 Å². The summed E-state index contributed by atoms with van der Waals surface area (Å²) in [6.07, 6.45) is 1.77. The SMILES string of the molecule is CC(C)CCc1ccc(N2CCN(S(=O)(=O)C3(C(=O)NO)CCOCC3)CC2)c(F)c1.Cl. The third-order valence-electron chi connectivity index (χ3n) is 6.25. The van der Waals surface area contributed by atoms with Gasteiger partial charge in [0.1, 0.15) is 5.82 Å². The zero-order valence-corrected chi connectivity index (χ0v) is 20.2. The molecule has 2 heterocycles. The molecule has 1 amide bonds. The molecular weight excluding hydrogens is 461 g/mol. The van der Waals surface area contributed by atoms with E-state index in [1.54, 1.807) is 12.1 Å². The Hall–Kier alpha value is -1.46. The molecular formula is C21H33ClFN3O5S. The number of carbonyl (C=O) groups excluding carboxylic acids is 1. The third kappa shape index (κ3) is 5.36. The predicted molar refractivity (Wildman–Crippen MR) is 122 cm³/mol. The van der Waals surface area contributed by atoms with Gasteiger partial charge in [0.25, 0.3) is 5.91 Å². The molecule has 2 aliphatic rings. The van der Waals surface area contributed by atoms with Gasteiger partial charge in [-0.05, 0) is 36.5 Å². The highest BCUT2D eigenvalue weighted by Crippen LogP contribution is 2.34. The molecule has 8 nitrogen and oxygen atoms in total. The first-order chi connectivity index (χ1) is 14.7. The van der Waals surface area contributed by atoms with Crippen molar-refractivity contribution in [2.24, 2.45) is 5.92 Å². The summed E-state index contributed by atoms with van der Waals surface area (Å²) < 4.78 is 46.2. The van der Waals surface area contributed by atoms with Crippen molar-refractivity contribution in [1.29, 1.82) is 0 Å². The molecule has 0 atom stereocenters. The van der Waals surface area contributed by atoms with E-state index in [-0.39, 0.29) is 57.4 Å². The Morgan fingerprint density at radius 1 is 1.22 bits per heavy atom. The van der Waals surface area contributed by atoms with Crippen LogP contribution in [-0.2, 0) is 26.0 Å². The fourth-order valence-corrected chi connectivity index (χ4v) is 6.34. The number of hydrogen-bond donors (Lipinski definition) is 2. The van der Waals surface area contributed by atoms with E-state index in [4.69, 9.17) is 9.94 Å². The van der Waals surface area contributed by atoms with Gasteiger partial charge in [0.15, 0.2) is 4.75 Å². The molecule has 2 N–H and O–H groups in total. The predicted octanol–water partition coefficient (Wildman–Crippen LogP) is 2.34. The Kier molecular flexibility index (Phi) is 9.30. The van der Waals surface area contributed by atoms with Crippen LogP contribution in [0.1, 0.15) is 38.7 Å². The van der Waals surface area contributed by atoms with E-state index in [0.717, 1.165) is 18.4 Å². The molecule has 2 fully saturated rings. The van der Waals surface area contributed by atoms with Gasteiger partial charge in [-0.2, -0.15) is 4.31 Å². The van der Waals surface area contributed by atoms with E-state index in [2.05, 4.69) is 13.8 Å². The Labute approximate surface area is 195 Å². The van der Waals surface area contributed by atoms with Crippen LogP contribution in [-0.4, -0.2) is 68.0 Å². The molecule has 2 aliphatic heterocycles. The van der Waals surface area contributed by atoms with Gasteiger partial charge in [0.05, 0.1) is 5.69 Å². The van der Waals surface area contributed by atoms with Crippen molar-refractivity contribution in [2.45, 2.75) is 44.3 Å². The van der Waals surface area contributed by atoms with E-state index in [1.807, 2.05) is 11.0 Å². The van der Waals surface area contributed by atoms with E-state index in [0.29, 0.717) is 24.7 Å². The average Bonchev–Trinajstić information content (AvgIpc) is 2.77. The summed E-state index contributed by atoms with van der Waals surface area (Å²) in [6.45, 7) is 5.42. The number of amides is 1. The molecule has 32 heavy (non-hydrogen) atoms. The number of aryl methyl sites for hydroxylation is 1. The number of anilines is 1. The van der Waals surface area contributed by atoms with Crippen molar-refractivity contribution in [2.75, 3.05) is 44.3 Å². The lowest BCUT2D eigenvalue weighted by Crippen LogP contribution is -2.62. The van der Waals surface area contributed by atoms with Crippen LogP contribution in [0.15, 0.2) is 18.2 Å². The van der Waals surface area contributed by atoms with Gasteiger partial charge in [0.2, 0.25) is 10.0 Å². The quantitative estimate of drug-likeness (QED) is 0.447. The maximum Gasteiger partial charge on any atom is 0.266 e. The summed E-state index contributed by atoms with van der Waals surface area (Å²) >= 11 is 0. The summed E-state index contributed by atoms with van der Waals surface area (Å²) in [5, 5.41) is 9.15. The van der Waals surface area contributed by atoms with E-state index < -0.39 is 20.7 Å². The Balaban J connectivity index is 0.00000363. The summed E-state index contributed by atoms with van der Waals surface area (Å²) in [7, 11) is -4.04. The maximum atomic E-state index is 14.7. The number of nitrogens with one attached hydrogen (secondary N) is 1. The minimum absolute atomic E-state index is 0. The van der Waals surface area contributed by atoms with Crippen LogP contribution in [0, 0.1) is 11.7 Å². The summed E-state index contributed by atoms with van der Waals surface area (Å²) in [5.74, 6) is -0.691. The number of rotatable bonds is 7. The van der Waals surface area contributed by atoms with Crippen LogP contribution in [0.25, 0.3) is 0 Å². The number of benzene rings is 1. The lowest BCUT2D eigenvalue weighted by atomic mass is 9.98. The highest BCUT2D eigenvalue weighted by atomic mass is 35.5. The first-order valence-electron chi connectivity index (χ1n) is 10.8. The number of ether oxygens (including phenoxy) is 1. The first-order valence-corrected chi connectivity index (χ1v) is 12.2. The average molecular weight is 494 g/mol. The molecule has 1 aromatic carbocycles. The lowest BCUT2D eigenvalue weighted by molar-refractivity contribution is -0.134. The van der Waals surface area contributed by atoms with Gasteiger partial charge in [-0.3, -0.25) is 10.0 Å². The monoisotopic (exact) mass is 493 g/mol. The maximum absolute atomic E-state index is 14.7. The molecule has 11 heteroatoms. The molecule has 0 unspecified atom stereocenters. The molecule has 0 saturated carbocycles. The summed E-state index contributed by atoms with van der Waals surface area (Å²) in [6, 6.07) is 5.24. The number of sulfonamides is 1. The molecule has 0 bridgehead atoms. The Morgan fingerprint density at radius 2 is 1.84 bits per heavy atom. The van der Waals surface area contributed by atoms with Crippen molar-refractivity contribution in [3.63, 3.8) is 0 Å². The van der Waals surface area contributed by atoms with Gasteiger partial charge < -0.3 is 9.64 Å². The highest BCUT2D eigenvalue weighted by molar-refractivity contribution is 7.91. The molecule has 182 valence electrons. The van der Waals surface area contributed by atoms with Crippen LogP contribution in [0.5, 0.6) is 0 Å². The van der Waals surface area contributed by atoms with Crippen molar-refractivity contribution in [1.82, 2.24) is 9.79 Å². The van der Waals surface area contributed by atoms with Gasteiger partial charge in [-0.1, -0.05) is 19.9 Å². The zero-order valence-electron chi connectivity index (χ0n) is 18.5. The van der Waals surface area contributed by atoms with Gasteiger partial charge >= 0.3 is 0 Å². The van der Waals surface area contributed by atoms with Gasteiger partial charge in [0, 0.05) is 52.2 Å². The van der Waals surface area contributed by atoms with E-state index >= 15 is 0 Å². The topological polar surface area (TPSA) is 99.2 Å². The molecule has 3 rings (SSSR count). The minimum Gasteiger partial charge on any atom is -0.381 e. The standard InChI is InChI=1S/C21H32FN3O5S.ClH/c1-16(2)3-4-17-5-6-19(18(22)15-17)24-9-11-25(12-10-24)31(28,29)21(20(26)23-27)7-13-30-14-8-21;/h5-6,15-16,27H,3-4,7-14H2,1-2H3,(H,23,26);1H. The van der Waals surface area contributed by atoms with Crippen LogP contribution < -0.4 is 10.4 Å². The second-order valence-corrected chi connectivity index (χ2v) is 10.9. The zero-order chi connectivity index (χ0) is 22.6. The van der Waals surface area contributed by atoms with Crippen LogP contribution in [0.2, 0.25) is 0 Å². The first kappa shape index (κ1) is 26.8. The smallest absolute Gasteiger partial charge is 0.266 e. The fraction of sp³-hybridized carbons (Fsp3) is 0.667. The lowest BCUT2D eigenvalue weighted by Gasteiger charge is -2.42. The number of nitrogens with zero attached hydrogens (tertiary/aromatic N) is 2. The second-order valence-electron chi connectivity index (χ2n) is 8.66. The summed E-state index contributed by atoms with van der Waals surface area (Å²) in [4.78, 5) is 14.2. The number of hydroxylamine groups is 1. The summed E-state index contributed by atoms with van der Waals surface area (Å²) in [5.41, 5.74) is 2.93. The molecule has 1 aromatic rings. The second kappa shape index (κ2) is 11.1. The fourth-order valence-electron chi connectivity index (χ4n) is 4.24. The molecule has 0 spiro atoms. The minimum atomic E-state index is -4.04. The number of hydrogen-bond acceptors (Lipinski definition) is 6. The van der Waals surface area contributed by atoms with Gasteiger partial charge in [-0.25, -0.2) is 18.3 Å². The largest absolute Gasteiger partial charge is 0.381 e. The van der Waals surface area contributed by atoms with Crippen molar-refractivity contribution in [3.8, 4) is 0 Å². The van der Waals surface area contributed by atoms with Crippen molar-refractivity contribution in [3.05, 3.63) is 29.6 Å². The van der Waals surface area contributed by atoms with Crippen molar-refractivity contribution < 1.29 is 27.5 Å². The molecule has 0 aliphatic carbocycles. The third-order valence-corrected chi connectivity index (χ3v) is 8.88. The van der Waals surface area contributed by atoms with Crippen LogP contribution in [0.4, 0.5) is 10.1 Å². The molecule has 2 saturated heterocycles. The number of carbonyl (C=O) groups is 1. The molecule has 0 aromatic heterocycles. The number of piperazine rings is 1. The highest BCUT2D eigenvalue weighted by Gasteiger charge is 2.54. The van der Waals surface area contributed by atoms with E-state index in [9.17, 15) is 17.6 Å². The molecule has 0 radical (unpaired) electrons. The number of halogens is 2. The normalized spacial score (nSPS) is 19.5. The van der Waals surface area contributed by atoms with Crippen LogP contribution >= 0.6 is 12.4 Å². The Bertz CT molecular complexity index is 885. The van der Waals surface area contributed by atoms with E-state index in [1.165, 1.54) is 9.79 Å². The van der Waals surface area contributed by atoms with Crippen LogP contribution in [0.3, 0.4) is 0 Å². The van der Waals surface area contributed by atoms with Gasteiger partial charge in [-0.15, -0.1) is 12.4 Å². The Morgan fingerprint density at radius 3 is 2.38 bits per heavy atom.